The first-order chi connectivity index (χ1) is 10.7. The van der Waals surface area contributed by atoms with Crippen LogP contribution in [-0.2, 0) is 6.54 Å². The minimum absolute atomic E-state index is 0.583. The van der Waals surface area contributed by atoms with Gasteiger partial charge in [0.15, 0.2) is 0 Å². The van der Waals surface area contributed by atoms with Crippen LogP contribution in [0.4, 0.5) is 0 Å². The predicted octanol–water partition coefficient (Wildman–Crippen LogP) is 2.78. The molecule has 0 aromatic heterocycles. The van der Waals surface area contributed by atoms with Gasteiger partial charge in [-0.2, -0.15) is 0 Å². The molecule has 6 heteroatoms. The fourth-order valence-electron chi connectivity index (χ4n) is 2.51. The summed E-state index contributed by atoms with van der Waals surface area (Å²) < 4.78 is 5.77. The number of ether oxygens (including phenoxy) is 1. The number of piperazine rings is 1. The van der Waals surface area contributed by atoms with Crippen LogP contribution in [0.25, 0.3) is 0 Å². The minimum atomic E-state index is 0.583. The van der Waals surface area contributed by atoms with Crippen molar-refractivity contribution < 1.29 is 4.74 Å². The summed E-state index contributed by atoms with van der Waals surface area (Å²) in [6.45, 7) is 9.86. The summed E-state index contributed by atoms with van der Waals surface area (Å²) in [7, 11) is 0. The van der Waals surface area contributed by atoms with E-state index in [-0.39, 0.29) is 0 Å². The Morgan fingerprint density at radius 1 is 1.27 bits per heavy atom. The number of hydrogen-bond donors (Lipinski definition) is 2. The number of nitrogens with one attached hydrogen (secondary N) is 2. The van der Waals surface area contributed by atoms with Gasteiger partial charge >= 0.3 is 0 Å². The van der Waals surface area contributed by atoms with Crippen LogP contribution in [-0.4, -0.2) is 50.8 Å². The molecular formula is C16H25Cl2N3O. The molecule has 1 aromatic carbocycles. The highest BCUT2D eigenvalue weighted by molar-refractivity contribution is 6.35. The summed E-state index contributed by atoms with van der Waals surface area (Å²) in [5.41, 5.74) is 1.02. The standard InChI is InChI=1S/C16H25Cl2N3O/c1-2-9-22-16-13(10-14(17)11-15(16)18)12-20-5-8-21-6-3-19-4-7-21/h10-11,19-20H,2-9,12H2,1H3. The Morgan fingerprint density at radius 2 is 2.05 bits per heavy atom. The SMILES string of the molecule is CCCOc1c(Cl)cc(Cl)cc1CNCCN1CCNCC1. The van der Waals surface area contributed by atoms with Crippen molar-refractivity contribution in [2.45, 2.75) is 19.9 Å². The van der Waals surface area contributed by atoms with Crippen molar-refractivity contribution in [1.29, 1.82) is 0 Å². The molecule has 1 aliphatic heterocycles. The van der Waals surface area contributed by atoms with Gasteiger partial charge in [-0.15, -0.1) is 0 Å². The van der Waals surface area contributed by atoms with E-state index in [4.69, 9.17) is 27.9 Å². The van der Waals surface area contributed by atoms with E-state index in [9.17, 15) is 0 Å². The Bertz CT molecular complexity index is 465. The molecule has 22 heavy (non-hydrogen) atoms. The van der Waals surface area contributed by atoms with E-state index in [0.29, 0.717) is 23.2 Å². The molecule has 4 nitrogen and oxygen atoms in total. The fourth-order valence-corrected chi connectivity index (χ4v) is 3.10. The molecule has 0 saturated carbocycles. The van der Waals surface area contributed by atoms with Crippen molar-refractivity contribution in [2.75, 3.05) is 45.9 Å². The number of nitrogens with zero attached hydrogens (tertiary/aromatic N) is 1. The lowest BCUT2D eigenvalue weighted by atomic mass is 10.2. The second-order valence-electron chi connectivity index (χ2n) is 5.49. The van der Waals surface area contributed by atoms with E-state index in [0.717, 1.165) is 57.0 Å². The molecule has 1 saturated heterocycles. The van der Waals surface area contributed by atoms with E-state index in [2.05, 4.69) is 22.5 Å². The molecule has 0 radical (unpaired) electrons. The third kappa shape index (κ3) is 5.60. The Balaban J connectivity index is 1.85. The Labute approximate surface area is 143 Å². The highest BCUT2D eigenvalue weighted by Crippen LogP contribution is 2.32. The fraction of sp³-hybridized carbons (Fsp3) is 0.625. The van der Waals surface area contributed by atoms with E-state index >= 15 is 0 Å². The van der Waals surface area contributed by atoms with Gasteiger partial charge in [0.2, 0.25) is 0 Å². The summed E-state index contributed by atoms with van der Waals surface area (Å²) in [5, 5.41) is 8.05. The smallest absolute Gasteiger partial charge is 0.142 e. The maximum atomic E-state index is 6.25. The number of benzene rings is 1. The van der Waals surface area contributed by atoms with Gasteiger partial charge in [0, 0.05) is 56.4 Å². The van der Waals surface area contributed by atoms with Crippen LogP contribution in [0.3, 0.4) is 0 Å². The van der Waals surface area contributed by atoms with E-state index < -0.39 is 0 Å². The van der Waals surface area contributed by atoms with Crippen molar-refractivity contribution >= 4 is 23.2 Å². The summed E-state index contributed by atoms with van der Waals surface area (Å²) >= 11 is 12.4. The molecule has 0 amide bonds. The lowest BCUT2D eigenvalue weighted by molar-refractivity contribution is 0.240. The van der Waals surface area contributed by atoms with Gasteiger partial charge in [-0.3, -0.25) is 4.90 Å². The summed E-state index contributed by atoms with van der Waals surface area (Å²) in [6, 6.07) is 3.66. The van der Waals surface area contributed by atoms with Crippen LogP contribution in [0, 0.1) is 0 Å². The molecule has 0 spiro atoms. The highest BCUT2D eigenvalue weighted by atomic mass is 35.5. The van der Waals surface area contributed by atoms with Crippen LogP contribution in [0.1, 0.15) is 18.9 Å². The van der Waals surface area contributed by atoms with Crippen LogP contribution >= 0.6 is 23.2 Å². The molecule has 0 atom stereocenters. The van der Waals surface area contributed by atoms with Gasteiger partial charge in [-0.25, -0.2) is 0 Å². The minimum Gasteiger partial charge on any atom is -0.492 e. The van der Waals surface area contributed by atoms with Crippen molar-refractivity contribution in [3.05, 3.63) is 27.7 Å². The summed E-state index contributed by atoms with van der Waals surface area (Å²) in [6.07, 6.45) is 0.953. The Kier molecular flexibility index (Phi) is 7.76. The molecule has 1 aliphatic rings. The molecule has 0 unspecified atom stereocenters. The first-order valence-electron chi connectivity index (χ1n) is 7.95. The molecule has 1 aromatic rings. The molecule has 2 rings (SSSR count). The average molecular weight is 346 g/mol. The number of hydrogen-bond acceptors (Lipinski definition) is 4. The van der Waals surface area contributed by atoms with Crippen LogP contribution in [0.2, 0.25) is 10.0 Å². The quantitative estimate of drug-likeness (QED) is 0.710. The zero-order chi connectivity index (χ0) is 15.8. The summed E-state index contributed by atoms with van der Waals surface area (Å²) in [4.78, 5) is 2.46. The van der Waals surface area contributed by atoms with Gasteiger partial charge in [0.05, 0.1) is 11.6 Å². The molecule has 124 valence electrons. The number of rotatable bonds is 8. The molecular weight excluding hydrogens is 321 g/mol. The predicted molar refractivity (Wildman–Crippen MR) is 93.3 cm³/mol. The molecule has 2 N–H and O–H groups in total. The normalized spacial score (nSPS) is 16.0. The van der Waals surface area contributed by atoms with Crippen molar-refractivity contribution in [3.8, 4) is 5.75 Å². The van der Waals surface area contributed by atoms with Crippen molar-refractivity contribution in [2.24, 2.45) is 0 Å². The van der Waals surface area contributed by atoms with Gasteiger partial charge < -0.3 is 15.4 Å². The zero-order valence-electron chi connectivity index (χ0n) is 13.1. The van der Waals surface area contributed by atoms with E-state index in [1.165, 1.54) is 0 Å². The number of halogens is 2. The third-order valence-electron chi connectivity index (χ3n) is 3.67. The average Bonchev–Trinajstić information content (AvgIpc) is 2.51. The second kappa shape index (κ2) is 9.58. The Morgan fingerprint density at radius 3 is 2.77 bits per heavy atom. The maximum Gasteiger partial charge on any atom is 0.142 e. The molecule has 1 fully saturated rings. The first-order valence-corrected chi connectivity index (χ1v) is 8.70. The zero-order valence-corrected chi connectivity index (χ0v) is 14.6. The van der Waals surface area contributed by atoms with E-state index in [1.807, 2.05) is 6.07 Å². The summed E-state index contributed by atoms with van der Waals surface area (Å²) in [5.74, 6) is 0.752. The van der Waals surface area contributed by atoms with E-state index in [1.54, 1.807) is 6.07 Å². The lowest BCUT2D eigenvalue weighted by Gasteiger charge is -2.27. The first kappa shape index (κ1) is 17.8. The largest absolute Gasteiger partial charge is 0.492 e. The third-order valence-corrected chi connectivity index (χ3v) is 4.16. The van der Waals surface area contributed by atoms with Crippen molar-refractivity contribution in [3.63, 3.8) is 0 Å². The molecule has 1 heterocycles. The van der Waals surface area contributed by atoms with Crippen LogP contribution in [0.5, 0.6) is 5.75 Å². The van der Waals surface area contributed by atoms with Gasteiger partial charge in [0.25, 0.3) is 0 Å². The second-order valence-corrected chi connectivity index (χ2v) is 6.34. The Hall–Kier alpha value is -0.520. The van der Waals surface area contributed by atoms with Gasteiger partial charge in [-0.1, -0.05) is 30.1 Å². The maximum absolute atomic E-state index is 6.25. The van der Waals surface area contributed by atoms with Crippen LogP contribution < -0.4 is 15.4 Å². The molecule has 0 bridgehead atoms. The monoisotopic (exact) mass is 345 g/mol. The topological polar surface area (TPSA) is 36.5 Å². The molecule has 0 aliphatic carbocycles. The van der Waals surface area contributed by atoms with Gasteiger partial charge in [-0.05, 0) is 18.6 Å². The van der Waals surface area contributed by atoms with Gasteiger partial charge in [0.1, 0.15) is 5.75 Å². The van der Waals surface area contributed by atoms with Crippen molar-refractivity contribution in [1.82, 2.24) is 15.5 Å². The lowest BCUT2D eigenvalue weighted by Crippen LogP contribution is -2.45. The van der Waals surface area contributed by atoms with Crippen LogP contribution in [0.15, 0.2) is 12.1 Å². The highest BCUT2D eigenvalue weighted by Gasteiger charge is 2.12.